The molecule has 0 spiro atoms. The molecular formula is C14H6N4O9. The molecule has 0 amide bonds. The fraction of sp³-hybridized carbons (Fsp3) is 0.0714. The lowest BCUT2D eigenvalue weighted by molar-refractivity contribution is -0.433. The van der Waals surface area contributed by atoms with Crippen LogP contribution < -0.4 is 0 Å². The summed E-state index contributed by atoms with van der Waals surface area (Å²) in [6, 6.07) is 1.53. The fourth-order valence-electron chi connectivity index (χ4n) is 3.10. The minimum atomic E-state index is -1.16. The monoisotopic (exact) mass is 374 g/mol. The first-order valence-corrected chi connectivity index (χ1v) is 7.04. The third-order valence-electron chi connectivity index (χ3n) is 4.13. The highest BCUT2D eigenvalue weighted by Gasteiger charge is 2.48. The minimum Gasteiger partial charge on any atom is -0.282 e. The number of carbonyl (C=O) groups excluding carboxylic acids is 1. The summed E-state index contributed by atoms with van der Waals surface area (Å²) in [4.78, 5) is 53.6. The van der Waals surface area contributed by atoms with Crippen molar-refractivity contribution in [1.82, 2.24) is 0 Å². The van der Waals surface area contributed by atoms with E-state index in [2.05, 4.69) is 0 Å². The van der Waals surface area contributed by atoms with Gasteiger partial charge in [-0.1, -0.05) is 0 Å². The number of hydrogen-bond donors (Lipinski definition) is 0. The fourth-order valence-corrected chi connectivity index (χ4v) is 3.10. The van der Waals surface area contributed by atoms with Crippen LogP contribution in [0.1, 0.15) is 18.1 Å². The Labute approximate surface area is 147 Å². The lowest BCUT2D eigenvalue weighted by Crippen LogP contribution is -2.23. The average molecular weight is 374 g/mol. The Morgan fingerprint density at radius 1 is 0.815 bits per heavy atom. The molecule has 27 heavy (non-hydrogen) atoms. The van der Waals surface area contributed by atoms with Gasteiger partial charge in [0, 0.05) is 11.6 Å². The van der Waals surface area contributed by atoms with Crippen LogP contribution in [0.5, 0.6) is 0 Å². The molecule has 0 atom stereocenters. The molecule has 0 aromatic heterocycles. The molecule has 0 saturated carbocycles. The van der Waals surface area contributed by atoms with E-state index in [1.165, 1.54) is 0 Å². The molecular weight excluding hydrogens is 368 g/mol. The van der Waals surface area contributed by atoms with Crippen LogP contribution in [0, 0.1) is 40.5 Å². The van der Waals surface area contributed by atoms with Gasteiger partial charge in [-0.05, 0) is 18.6 Å². The molecule has 1 aromatic rings. The van der Waals surface area contributed by atoms with E-state index in [4.69, 9.17) is 0 Å². The van der Waals surface area contributed by atoms with Gasteiger partial charge in [0.25, 0.3) is 22.9 Å². The van der Waals surface area contributed by atoms with Gasteiger partial charge in [-0.3, -0.25) is 45.3 Å². The second-order valence-electron chi connectivity index (χ2n) is 5.54. The highest BCUT2D eigenvalue weighted by atomic mass is 16.6. The van der Waals surface area contributed by atoms with Crippen molar-refractivity contribution in [2.75, 3.05) is 0 Å². The van der Waals surface area contributed by atoms with Gasteiger partial charge in [-0.2, -0.15) is 0 Å². The normalized spacial score (nSPS) is 15.3. The zero-order valence-corrected chi connectivity index (χ0v) is 13.2. The molecule has 136 valence electrons. The van der Waals surface area contributed by atoms with E-state index in [0.717, 1.165) is 19.1 Å². The molecule has 0 aliphatic heterocycles. The quantitative estimate of drug-likeness (QED) is 0.560. The number of fused-ring (bicyclic) bond motifs is 3. The Bertz CT molecular complexity index is 1110. The zero-order valence-electron chi connectivity index (χ0n) is 13.2. The van der Waals surface area contributed by atoms with Gasteiger partial charge < -0.3 is 0 Å². The first-order chi connectivity index (χ1) is 12.6. The van der Waals surface area contributed by atoms with Crippen molar-refractivity contribution in [3.05, 3.63) is 86.3 Å². The van der Waals surface area contributed by atoms with Crippen LogP contribution in [0.2, 0.25) is 0 Å². The van der Waals surface area contributed by atoms with E-state index in [0.29, 0.717) is 6.07 Å². The van der Waals surface area contributed by atoms with Crippen LogP contribution in [0.25, 0.3) is 11.6 Å². The third-order valence-corrected chi connectivity index (χ3v) is 4.13. The van der Waals surface area contributed by atoms with Crippen molar-refractivity contribution >= 4 is 28.8 Å². The third kappa shape index (κ3) is 2.37. The molecule has 0 saturated heterocycles. The van der Waals surface area contributed by atoms with E-state index in [1.807, 2.05) is 0 Å². The molecule has 2 aliphatic rings. The smallest absolute Gasteiger partial charge is 0.282 e. The van der Waals surface area contributed by atoms with Gasteiger partial charge >= 0.3 is 5.70 Å². The van der Waals surface area contributed by atoms with Gasteiger partial charge in [0.1, 0.15) is 5.57 Å². The summed E-state index contributed by atoms with van der Waals surface area (Å²) < 4.78 is 0. The van der Waals surface area contributed by atoms with Gasteiger partial charge in [0.2, 0.25) is 0 Å². The second kappa shape index (κ2) is 5.62. The highest BCUT2D eigenvalue weighted by molar-refractivity contribution is 6.26. The average Bonchev–Trinajstić information content (AvgIpc) is 2.92. The summed E-state index contributed by atoms with van der Waals surface area (Å²) in [6.07, 6.45) is 0.951. The number of non-ortho nitro benzene ring substituents is 1. The highest BCUT2D eigenvalue weighted by Crippen LogP contribution is 2.49. The van der Waals surface area contributed by atoms with Crippen molar-refractivity contribution in [2.45, 2.75) is 6.92 Å². The first kappa shape index (κ1) is 17.5. The molecule has 2 aliphatic carbocycles. The minimum absolute atomic E-state index is 0.175. The second-order valence-corrected chi connectivity index (χ2v) is 5.54. The Morgan fingerprint density at radius 3 is 1.89 bits per heavy atom. The largest absolute Gasteiger partial charge is 0.326 e. The lowest BCUT2D eigenvalue weighted by atomic mass is 9.87. The summed E-state index contributed by atoms with van der Waals surface area (Å²) in [6.45, 7) is 0.993. The van der Waals surface area contributed by atoms with Gasteiger partial charge in [-0.15, -0.1) is 0 Å². The Balaban J connectivity index is 2.48. The topological polar surface area (TPSA) is 190 Å². The Morgan fingerprint density at radius 2 is 1.41 bits per heavy atom. The lowest BCUT2D eigenvalue weighted by Gasteiger charge is -2.13. The predicted molar refractivity (Wildman–Crippen MR) is 86.3 cm³/mol. The predicted octanol–water partition coefficient (Wildman–Crippen LogP) is 2.02. The van der Waals surface area contributed by atoms with E-state index in [9.17, 15) is 45.3 Å². The number of nitro benzene ring substituents is 2. The van der Waals surface area contributed by atoms with E-state index >= 15 is 0 Å². The number of carbonyl (C=O) groups is 1. The van der Waals surface area contributed by atoms with Crippen molar-refractivity contribution in [3.63, 3.8) is 0 Å². The van der Waals surface area contributed by atoms with Crippen LogP contribution in [0.4, 0.5) is 11.4 Å². The van der Waals surface area contributed by atoms with Crippen molar-refractivity contribution in [3.8, 4) is 0 Å². The zero-order chi connectivity index (χ0) is 20.2. The summed E-state index contributed by atoms with van der Waals surface area (Å²) >= 11 is 0. The molecule has 1 aromatic carbocycles. The molecule has 0 bridgehead atoms. The van der Waals surface area contributed by atoms with Crippen LogP contribution in [0.3, 0.4) is 0 Å². The Hall–Kier alpha value is -4.29. The van der Waals surface area contributed by atoms with Gasteiger partial charge in [0.15, 0.2) is 0 Å². The summed E-state index contributed by atoms with van der Waals surface area (Å²) in [5.41, 5.74) is -5.36. The first-order valence-electron chi connectivity index (χ1n) is 7.04. The van der Waals surface area contributed by atoms with Crippen LogP contribution in [-0.2, 0) is 4.79 Å². The van der Waals surface area contributed by atoms with E-state index in [-0.39, 0.29) is 11.1 Å². The maximum absolute atomic E-state index is 12.5. The van der Waals surface area contributed by atoms with Crippen molar-refractivity contribution in [2.24, 2.45) is 0 Å². The Kier molecular flexibility index (Phi) is 3.65. The number of nitrogens with zero attached hydrogens (tertiary/aromatic N) is 4. The molecule has 0 heterocycles. The number of rotatable bonds is 4. The number of hydrogen-bond acceptors (Lipinski definition) is 9. The summed E-state index contributed by atoms with van der Waals surface area (Å²) in [7, 11) is 0. The van der Waals surface area contributed by atoms with Crippen molar-refractivity contribution < 1.29 is 24.5 Å². The SMILES string of the molecule is CC1=C([N+](=O)[O-])C(=O)C2=Cc3cc([N+](=O)[O-])cc([N+](=O)[O-])c3C2=C1[N+](=O)[O-]. The van der Waals surface area contributed by atoms with Crippen LogP contribution in [0.15, 0.2) is 34.7 Å². The van der Waals surface area contributed by atoms with Crippen LogP contribution in [-0.4, -0.2) is 25.5 Å². The number of Topliss-reactive ketones (excluding diaryl/α,β-unsaturated/α-hetero) is 1. The van der Waals surface area contributed by atoms with Crippen molar-refractivity contribution in [1.29, 1.82) is 0 Å². The van der Waals surface area contributed by atoms with Crippen LogP contribution >= 0.6 is 0 Å². The standard InChI is InChI=1S/C14H6N4O9/c1-5-12(17(24)25)11-8(14(19)13(5)18(26)27)3-6-2-7(15(20)21)4-9(10(6)11)16(22)23/h2-4H,1H3. The molecule has 0 unspecified atom stereocenters. The molecule has 13 heteroatoms. The van der Waals surface area contributed by atoms with E-state index in [1.54, 1.807) is 0 Å². The van der Waals surface area contributed by atoms with Gasteiger partial charge in [0.05, 0.1) is 36.9 Å². The van der Waals surface area contributed by atoms with E-state index < -0.39 is 65.0 Å². The molecule has 13 nitrogen and oxygen atoms in total. The molecule has 0 radical (unpaired) electrons. The molecule has 0 N–H and O–H groups in total. The number of allylic oxidation sites excluding steroid dienone is 3. The molecule has 0 fully saturated rings. The number of ketones is 1. The molecule has 3 rings (SSSR count). The maximum Gasteiger partial charge on any atom is 0.326 e. The number of nitro groups is 4. The number of benzene rings is 1. The van der Waals surface area contributed by atoms with Gasteiger partial charge in [-0.25, -0.2) is 0 Å². The summed E-state index contributed by atoms with van der Waals surface area (Å²) in [5.74, 6) is -1.16. The maximum atomic E-state index is 12.5. The summed E-state index contributed by atoms with van der Waals surface area (Å²) in [5, 5.41) is 45.1.